The zero-order chi connectivity index (χ0) is 19.6. The molecule has 2 aromatic carbocycles. The minimum atomic E-state index is -0.797. The lowest BCUT2D eigenvalue weighted by molar-refractivity contribution is -0.0959. The lowest BCUT2D eigenvalue weighted by Gasteiger charge is -2.48. The van der Waals surface area contributed by atoms with Gasteiger partial charge in [0.2, 0.25) is 0 Å². The highest BCUT2D eigenvalue weighted by Crippen LogP contribution is 2.38. The van der Waals surface area contributed by atoms with Crippen LogP contribution in [0.25, 0.3) is 0 Å². The van der Waals surface area contributed by atoms with Crippen molar-refractivity contribution in [1.29, 1.82) is 0 Å². The van der Waals surface area contributed by atoms with Gasteiger partial charge in [-0.25, -0.2) is 0 Å². The first-order valence-electron chi connectivity index (χ1n) is 10.2. The van der Waals surface area contributed by atoms with E-state index in [1.807, 2.05) is 30.3 Å². The van der Waals surface area contributed by atoms with Crippen LogP contribution in [0.2, 0.25) is 5.02 Å². The number of benzene rings is 2. The van der Waals surface area contributed by atoms with E-state index < -0.39 is 5.60 Å². The average molecular weight is 401 g/mol. The van der Waals surface area contributed by atoms with Crippen LogP contribution in [0.4, 0.5) is 0 Å². The number of hydrogen-bond acceptors (Lipinski definition) is 4. The van der Waals surface area contributed by atoms with Crippen molar-refractivity contribution in [3.05, 3.63) is 64.7 Å². The van der Waals surface area contributed by atoms with Crippen LogP contribution in [0.5, 0.6) is 5.75 Å². The summed E-state index contributed by atoms with van der Waals surface area (Å²) in [6, 6.07) is 16.2. The minimum Gasteiger partial charge on any atom is -0.497 e. The molecule has 4 nitrogen and oxygen atoms in total. The highest BCUT2D eigenvalue weighted by Gasteiger charge is 2.46. The molecule has 0 unspecified atom stereocenters. The van der Waals surface area contributed by atoms with E-state index in [1.54, 1.807) is 7.11 Å². The summed E-state index contributed by atoms with van der Waals surface area (Å²) in [4.78, 5) is 4.92. The number of methoxy groups -OCH3 is 1. The summed E-state index contributed by atoms with van der Waals surface area (Å²) < 4.78 is 5.37. The monoisotopic (exact) mass is 400 g/mol. The Balaban J connectivity index is 1.56. The summed E-state index contributed by atoms with van der Waals surface area (Å²) in [6.45, 7) is 4.65. The van der Waals surface area contributed by atoms with E-state index in [1.165, 1.54) is 12.8 Å². The van der Waals surface area contributed by atoms with E-state index in [2.05, 4.69) is 28.0 Å². The lowest BCUT2D eigenvalue weighted by atomic mass is 9.79. The van der Waals surface area contributed by atoms with Gasteiger partial charge < -0.3 is 9.84 Å². The van der Waals surface area contributed by atoms with Crippen LogP contribution < -0.4 is 4.74 Å². The second-order valence-corrected chi connectivity index (χ2v) is 8.47. The number of nitrogens with zero attached hydrogens (tertiary/aromatic N) is 2. The van der Waals surface area contributed by atoms with Crippen molar-refractivity contribution in [3.63, 3.8) is 0 Å². The molecule has 2 atom stereocenters. The maximum Gasteiger partial charge on any atom is 0.120 e. The third-order valence-corrected chi connectivity index (χ3v) is 6.44. The number of likely N-dealkylation sites (tertiary alicyclic amines) is 2. The van der Waals surface area contributed by atoms with Gasteiger partial charge in [0.25, 0.3) is 0 Å². The van der Waals surface area contributed by atoms with Gasteiger partial charge in [0.15, 0.2) is 0 Å². The zero-order valence-electron chi connectivity index (χ0n) is 16.5. The van der Waals surface area contributed by atoms with E-state index in [4.69, 9.17) is 16.3 Å². The third kappa shape index (κ3) is 4.06. The Hall–Kier alpha value is -1.59. The molecule has 2 aliphatic rings. The van der Waals surface area contributed by atoms with Crippen molar-refractivity contribution in [1.82, 2.24) is 9.80 Å². The van der Waals surface area contributed by atoms with Crippen LogP contribution in [-0.2, 0) is 12.1 Å². The molecule has 0 aromatic heterocycles. The molecule has 2 fully saturated rings. The molecule has 2 heterocycles. The fraction of sp³-hybridized carbons (Fsp3) is 0.478. The highest BCUT2D eigenvalue weighted by atomic mass is 35.5. The summed E-state index contributed by atoms with van der Waals surface area (Å²) in [6.07, 6.45) is 3.16. The summed E-state index contributed by atoms with van der Waals surface area (Å²) >= 11 is 6.26. The van der Waals surface area contributed by atoms with E-state index in [9.17, 15) is 5.11 Å². The van der Waals surface area contributed by atoms with Gasteiger partial charge in [-0.3, -0.25) is 9.80 Å². The second kappa shape index (κ2) is 8.42. The molecular weight excluding hydrogens is 372 g/mol. The van der Waals surface area contributed by atoms with Crippen LogP contribution in [0, 0.1) is 0 Å². The Labute approximate surface area is 172 Å². The number of hydrogen-bond donors (Lipinski definition) is 1. The van der Waals surface area contributed by atoms with Crippen LogP contribution in [-0.4, -0.2) is 54.2 Å². The van der Waals surface area contributed by atoms with Gasteiger partial charge in [-0.2, -0.15) is 0 Å². The van der Waals surface area contributed by atoms with Gasteiger partial charge in [-0.15, -0.1) is 0 Å². The van der Waals surface area contributed by atoms with Crippen LogP contribution in [0.15, 0.2) is 48.5 Å². The largest absolute Gasteiger partial charge is 0.497 e. The second-order valence-electron chi connectivity index (χ2n) is 8.03. The van der Waals surface area contributed by atoms with Gasteiger partial charge in [-0.1, -0.05) is 41.9 Å². The molecule has 0 amide bonds. The van der Waals surface area contributed by atoms with Crippen molar-refractivity contribution in [2.24, 2.45) is 0 Å². The smallest absolute Gasteiger partial charge is 0.120 e. The molecular formula is C23H29ClN2O2. The van der Waals surface area contributed by atoms with Crippen LogP contribution in [0.1, 0.15) is 30.4 Å². The number of rotatable bonds is 5. The first-order valence-corrected chi connectivity index (χ1v) is 10.5. The molecule has 2 aliphatic heterocycles. The summed E-state index contributed by atoms with van der Waals surface area (Å²) in [7, 11) is 1.67. The summed E-state index contributed by atoms with van der Waals surface area (Å²) in [5.41, 5.74) is 1.39. The molecule has 4 rings (SSSR count). The molecule has 0 saturated carbocycles. The molecule has 2 aromatic rings. The Morgan fingerprint density at radius 1 is 1.11 bits per heavy atom. The topological polar surface area (TPSA) is 35.9 Å². The predicted molar refractivity (Wildman–Crippen MR) is 113 cm³/mol. The molecule has 0 radical (unpaired) electrons. The Kier molecular flexibility index (Phi) is 5.93. The van der Waals surface area contributed by atoms with E-state index >= 15 is 0 Å². The van der Waals surface area contributed by atoms with E-state index in [0.717, 1.165) is 56.0 Å². The van der Waals surface area contributed by atoms with Crippen molar-refractivity contribution in [2.45, 2.75) is 37.5 Å². The molecule has 0 spiro atoms. The first kappa shape index (κ1) is 19.7. The number of aliphatic hydroxyl groups is 1. The van der Waals surface area contributed by atoms with Crippen molar-refractivity contribution < 1.29 is 9.84 Å². The Morgan fingerprint density at radius 2 is 1.86 bits per heavy atom. The first-order chi connectivity index (χ1) is 13.6. The fourth-order valence-corrected chi connectivity index (χ4v) is 5.00. The number of halogens is 1. The Bertz CT molecular complexity index is 794. The maximum absolute atomic E-state index is 11.8. The quantitative estimate of drug-likeness (QED) is 0.825. The van der Waals surface area contributed by atoms with Crippen molar-refractivity contribution in [3.8, 4) is 5.75 Å². The number of ether oxygens (including phenoxy) is 1. The third-order valence-electron chi connectivity index (χ3n) is 6.22. The van der Waals surface area contributed by atoms with Crippen LogP contribution in [0.3, 0.4) is 0 Å². The predicted octanol–water partition coefficient (Wildman–Crippen LogP) is 3.91. The van der Waals surface area contributed by atoms with Crippen molar-refractivity contribution >= 4 is 11.6 Å². The molecule has 28 heavy (non-hydrogen) atoms. The van der Waals surface area contributed by atoms with Gasteiger partial charge in [0, 0.05) is 24.7 Å². The summed E-state index contributed by atoms with van der Waals surface area (Å²) in [5, 5.41) is 12.5. The lowest BCUT2D eigenvalue weighted by Crippen LogP contribution is -2.60. The van der Waals surface area contributed by atoms with Gasteiger partial charge in [0.1, 0.15) is 11.4 Å². The maximum atomic E-state index is 11.8. The van der Waals surface area contributed by atoms with Crippen LogP contribution >= 0.6 is 11.6 Å². The standard InChI is InChI=1S/C23H29ClN2O2/c1-28-21-14-18(13-20(24)15-21)16-25-12-9-23(27,19-7-3-2-4-8-19)22(17-25)26-10-5-6-11-26/h2-4,7-8,13-15,22,27H,5-6,9-12,16-17H2,1H3/t22-,23+/m1/s1. The average Bonchev–Trinajstić information content (AvgIpc) is 3.24. The van der Waals surface area contributed by atoms with Gasteiger partial charge in [-0.05, 0) is 61.7 Å². The minimum absolute atomic E-state index is 0.104. The Morgan fingerprint density at radius 3 is 2.57 bits per heavy atom. The SMILES string of the molecule is COc1cc(Cl)cc(CN2CC[C@](O)(c3ccccc3)[C@H](N3CCCC3)C2)c1. The van der Waals surface area contributed by atoms with Crippen molar-refractivity contribution in [2.75, 3.05) is 33.3 Å². The highest BCUT2D eigenvalue weighted by molar-refractivity contribution is 6.30. The van der Waals surface area contributed by atoms with E-state index in [0.29, 0.717) is 5.02 Å². The molecule has 0 bridgehead atoms. The number of piperidine rings is 1. The van der Waals surface area contributed by atoms with Gasteiger partial charge in [0.05, 0.1) is 13.2 Å². The normalized spacial score (nSPS) is 26.5. The zero-order valence-corrected chi connectivity index (χ0v) is 17.2. The molecule has 0 aliphatic carbocycles. The van der Waals surface area contributed by atoms with Gasteiger partial charge >= 0.3 is 0 Å². The molecule has 5 heteroatoms. The van der Waals surface area contributed by atoms with E-state index in [-0.39, 0.29) is 6.04 Å². The fourth-order valence-electron chi connectivity index (χ4n) is 4.75. The molecule has 1 N–H and O–H groups in total. The molecule has 2 saturated heterocycles. The summed E-state index contributed by atoms with van der Waals surface area (Å²) in [5.74, 6) is 0.788. The molecule has 150 valence electrons.